The van der Waals surface area contributed by atoms with Gasteiger partial charge in [0.05, 0.1) is 11.5 Å². The summed E-state index contributed by atoms with van der Waals surface area (Å²) in [7, 11) is -3.40. The molecule has 4 aromatic rings. The van der Waals surface area contributed by atoms with Crippen molar-refractivity contribution in [2.45, 2.75) is 29.9 Å². The van der Waals surface area contributed by atoms with E-state index >= 15 is 0 Å². The van der Waals surface area contributed by atoms with Crippen LogP contribution in [0.2, 0.25) is 0 Å². The van der Waals surface area contributed by atoms with Gasteiger partial charge in [-0.05, 0) is 29.9 Å². The van der Waals surface area contributed by atoms with Gasteiger partial charge in [-0.25, -0.2) is 18.2 Å². The number of nitrogens with zero attached hydrogens (tertiary/aromatic N) is 3. The molecule has 57 heavy (non-hydrogen) atoms. The van der Waals surface area contributed by atoms with E-state index in [9.17, 15) is 32.7 Å². The molecule has 3 atom stereocenters. The number of anilines is 1. The van der Waals surface area contributed by atoms with Crippen molar-refractivity contribution in [3.63, 3.8) is 0 Å². The van der Waals surface area contributed by atoms with Crippen LogP contribution in [-0.2, 0) is 39.5 Å². The number of β-lactam (4-membered cyclic amide) rings is 1. The molecule has 4 aliphatic rings. The zero-order chi connectivity index (χ0) is 39.9. The van der Waals surface area contributed by atoms with Crippen molar-refractivity contribution in [1.82, 2.24) is 20.5 Å². The lowest BCUT2D eigenvalue weighted by Crippen LogP contribution is -2.71. The first kappa shape index (κ1) is 38.1. The molecule has 3 fully saturated rings. The third kappa shape index (κ3) is 6.99. The van der Waals surface area contributed by atoms with Gasteiger partial charge in [0.2, 0.25) is 11.5 Å². The average Bonchev–Trinajstić information content (AvgIpc) is 3.95. The molecule has 1 aromatic heterocycles. The van der Waals surface area contributed by atoms with Crippen LogP contribution >= 0.6 is 23.1 Å². The third-order valence-electron chi connectivity index (χ3n) is 10.5. The predicted octanol–water partition coefficient (Wildman–Crippen LogP) is 3.43. The first-order chi connectivity index (χ1) is 27.5. The maximum atomic E-state index is 14.3. The Morgan fingerprint density at radius 1 is 0.982 bits per heavy atom. The van der Waals surface area contributed by atoms with Gasteiger partial charge in [-0.2, -0.15) is 0 Å². The molecular weight excluding hydrogens is 789 g/mol. The number of fused-ring (bicyclic) bond motifs is 1. The van der Waals surface area contributed by atoms with E-state index in [-0.39, 0.29) is 57.4 Å². The number of carbonyl (C=O) groups is 4. The molecule has 4 aliphatic heterocycles. The number of oxime groups is 1. The van der Waals surface area contributed by atoms with E-state index in [0.29, 0.717) is 24.1 Å². The number of rotatable bonds is 11. The van der Waals surface area contributed by atoms with Crippen molar-refractivity contribution in [3.8, 4) is 0 Å². The Morgan fingerprint density at radius 3 is 2.09 bits per heavy atom. The van der Waals surface area contributed by atoms with Crippen molar-refractivity contribution < 1.29 is 37.5 Å². The average molecular weight is 825 g/mol. The summed E-state index contributed by atoms with van der Waals surface area (Å²) < 4.78 is 25.1. The number of thiazole rings is 1. The Bertz CT molecular complexity index is 2370. The minimum absolute atomic E-state index is 0.0610. The molecule has 17 heteroatoms. The maximum Gasteiger partial charge on any atom is 0.352 e. The predicted molar refractivity (Wildman–Crippen MR) is 214 cm³/mol. The Labute approximate surface area is 335 Å². The summed E-state index contributed by atoms with van der Waals surface area (Å²) in [4.78, 5) is 66.2. The summed E-state index contributed by atoms with van der Waals surface area (Å²) in [5.74, 6) is -4.13. The lowest BCUT2D eigenvalue weighted by atomic mass is 9.80. The summed E-state index contributed by atoms with van der Waals surface area (Å²) in [5.41, 5.74) is 7.27. The van der Waals surface area contributed by atoms with Crippen LogP contribution in [0.15, 0.2) is 124 Å². The Morgan fingerprint density at radius 2 is 1.60 bits per heavy atom. The van der Waals surface area contributed by atoms with Crippen molar-refractivity contribution in [2.24, 2.45) is 11.1 Å². The van der Waals surface area contributed by atoms with Crippen molar-refractivity contribution in [2.75, 3.05) is 29.5 Å². The van der Waals surface area contributed by atoms with E-state index in [0.717, 1.165) is 32.9 Å². The normalized spacial score (nSPS) is 22.7. The molecule has 0 radical (unpaired) electrons. The molecule has 5 heterocycles. The third-order valence-corrected chi connectivity index (χ3v) is 14.2. The lowest BCUT2D eigenvalue weighted by molar-refractivity contribution is -0.150. The van der Waals surface area contributed by atoms with E-state index in [1.807, 2.05) is 91.0 Å². The number of carboxylic acid groups (broad SMARTS) is 1. The number of nitrogens with one attached hydrogen (secondary N) is 2. The van der Waals surface area contributed by atoms with E-state index in [1.165, 1.54) is 11.8 Å². The standard InChI is InChI=1S/C40H36N6O8S3/c41-39-43-29(21-56-39)31(45-54-40(24-10-4-1-5-11-24,25-12-6-2-7-13-25)26-14-8-3-9-15-26)35(48)44-32-36(49)46-33(38(50)51)28(20-55-37(32)46)30(27-16-18-42-34(27)47)23-17-19-57(52,53)22-23/h1-15,21,23,32,37H,16-20,22H2,(H2,41,43)(H,42,47)(H,44,48)(H,50,51)/t23?,32-,37-/m1/s1. The van der Waals surface area contributed by atoms with Crippen LogP contribution in [-0.4, -0.2) is 88.0 Å². The molecule has 0 saturated carbocycles. The number of carboxylic acids is 1. The van der Waals surface area contributed by atoms with Crippen LogP contribution in [0.4, 0.5) is 5.13 Å². The summed E-state index contributed by atoms with van der Waals surface area (Å²) in [5, 5.41) is 21.4. The number of hydrogen-bond acceptors (Lipinski definition) is 12. The first-order valence-electron chi connectivity index (χ1n) is 18.1. The van der Waals surface area contributed by atoms with Gasteiger partial charge in [-0.1, -0.05) is 96.2 Å². The highest BCUT2D eigenvalue weighted by atomic mass is 32.2. The summed E-state index contributed by atoms with van der Waals surface area (Å²) in [6, 6.07) is 27.1. The van der Waals surface area contributed by atoms with Crippen LogP contribution in [0.5, 0.6) is 0 Å². The van der Waals surface area contributed by atoms with E-state index in [4.69, 9.17) is 10.6 Å². The second kappa shape index (κ2) is 15.3. The first-order valence-corrected chi connectivity index (χ1v) is 21.8. The van der Waals surface area contributed by atoms with Crippen LogP contribution in [0, 0.1) is 5.92 Å². The van der Waals surface area contributed by atoms with Crippen molar-refractivity contribution >= 4 is 67.5 Å². The van der Waals surface area contributed by atoms with Crippen LogP contribution in [0.1, 0.15) is 35.2 Å². The molecule has 8 rings (SSSR count). The fourth-order valence-electron chi connectivity index (χ4n) is 7.90. The molecule has 292 valence electrons. The molecule has 0 bridgehead atoms. The molecule has 0 aliphatic carbocycles. The molecule has 3 amide bonds. The minimum atomic E-state index is -3.40. The maximum absolute atomic E-state index is 14.3. The number of thioether (sulfide) groups is 1. The van der Waals surface area contributed by atoms with Gasteiger partial charge in [0.25, 0.3) is 11.8 Å². The number of hydrogen-bond donors (Lipinski definition) is 4. The molecule has 5 N–H and O–H groups in total. The SMILES string of the molecule is Nc1nc(C(=NOC(c2ccccc2)(c2ccccc2)c2ccccc2)C(=O)N[C@@H]2C(=O)N3C(C(=O)O)=C(C(=C4CCNC4=O)C4CCS(=O)(=O)C4)CS[C@H]23)cs1. The second-order valence-corrected chi connectivity index (χ2v) is 18.1. The van der Waals surface area contributed by atoms with Crippen LogP contribution in [0.3, 0.4) is 0 Å². The number of allylic oxidation sites excluding steroid dienone is 1. The number of aromatic nitrogens is 1. The number of amides is 3. The number of benzene rings is 3. The quantitative estimate of drug-likeness (QED) is 0.0566. The zero-order valence-corrected chi connectivity index (χ0v) is 32.6. The summed E-state index contributed by atoms with van der Waals surface area (Å²) in [6.07, 6.45) is 0.532. The highest BCUT2D eigenvalue weighted by Crippen LogP contribution is 2.46. The fraction of sp³-hybridized carbons (Fsp3) is 0.250. The van der Waals surface area contributed by atoms with Gasteiger partial charge in [0.15, 0.2) is 20.7 Å². The topological polar surface area (TPSA) is 210 Å². The van der Waals surface area contributed by atoms with Gasteiger partial charge in [-0.15, -0.1) is 23.1 Å². The minimum Gasteiger partial charge on any atom is -0.477 e. The largest absolute Gasteiger partial charge is 0.477 e. The van der Waals surface area contributed by atoms with E-state index in [2.05, 4.69) is 20.8 Å². The summed E-state index contributed by atoms with van der Waals surface area (Å²) >= 11 is 2.30. The number of sulfone groups is 1. The molecule has 14 nitrogen and oxygen atoms in total. The summed E-state index contributed by atoms with van der Waals surface area (Å²) in [6.45, 7) is 0.334. The molecule has 0 spiro atoms. The highest BCUT2D eigenvalue weighted by molar-refractivity contribution is 8.00. The van der Waals surface area contributed by atoms with Gasteiger partial charge in [-0.3, -0.25) is 19.3 Å². The lowest BCUT2D eigenvalue weighted by Gasteiger charge is -2.50. The second-order valence-electron chi connectivity index (χ2n) is 13.9. The Hall–Kier alpha value is -5.78. The Kier molecular flexibility index (Phi) is 10.2. The smallest absolute Gasteiger partial charge is 0.352 e. The highest BCUT2D eigenvalue weighted by Gasteiger charge is 2.55. The fourth-order valence-corrected chi connectivity index (χ4v) is 11.6. The molecule has 3 saturated heterocycles. The van der Waals surface area contributed by atoms with Crippen LogP contribution in [0.25, 0.3) is 0 Å². The number of nitrogens with two attached hydrogens (primary N) is 1. The van der Waals surface area contributed by atoms with Crippen LogP contribution < -0.4 is 16.4 Å². The molecular formula is C40H36N6O8S3. The van der Waals surface area contributed by atoms with E-state index < -0.39 is 50.6 Å². The van der Waals surface area contributed by atoms with E-state index in [1.54, 1.807) is 5.38 Å². The van der Waals surface area contributed by atoms with Crippen molar-refractivity contribution in [3.05, 3.63) is 141 Å². The van der Waals surface area contributed by atoms with Gasteiger partial charge < -0.3 is 26.3 Å². The van der Waals surface area contributed by atoms with Gasteiger partial charge in [0.1, 0.15) is 22.8 Å². The van der Waals surface area contributed by atoms with Crippen molar-refractivity contribution in [1.29, 1.82) is 0 Å². The van der Waals surface area contributed by atoms with Gasteiger partial charge >= 0.3 is 5.97 Å². The molecule has 3 aromatic carbocycles. The monoisotopic (exact) mass is 824 g/mol. The number of carbonyl (C=O) groups excluding carboxylic acids is 3. The number of nitrogen functional groups attached to an aromatic ring is 1. The zero-order valence-electron chi connectivity index (χ0n) is 30.2. The van der Waals surface area contributed by atoms with Gasteiger partial charge in [0, 0.05) is 39.9 Å². The number of aliphatic carboxylic acids is 1. The molecule has 1 unspecified atom stereocenters. The Balaban J connectivity index is 1.15.